The number of aromatic nitrogens is 2. The summed E-state index contributed by atoms with van der Waals surface area (Å²) in [7, 11) is 0. The van der Waals surface area contributed by atoms with Crippen molar-refractivity contribution in [3.8, 4) is 0 Å². The molecule has 0 aliphatic carbocycles. The van der Waals surface area contributed by atoms with Crippen LogP contribution in [-0.4, -0.2) is 22.3 Å². The number of hydrogen-bond donors (Lipinski definition) is 0. The van der Waals surface area contributed by atoms with Gasteiger partial charge in [-0.05, 0) is 35.6 Å². The summed E-state index contributed by atoms with van der Waals surface area (Å²) in [5, 5.41) is 0. The highest BCUT2D eigenvalue weighted by atomic mass is 16.5. The van der Waals surface area contributed by atoms with Crippen LogP contribution in [0.3, 0.4) is 0 Å². The number of pyridine rings is 2. The fourth-order valence-electron chi connectivity index (χ4n) is 3.37. The molecule has 1 aliphatic heterocycles. The van der Waals surface area contributed by atoms with Crippen LogP contribution in [0.15, 0.2) is 70.5 Å². The lowest BCUT2D eigenvalue weighted by Crippen LogP contribution is -2.37. The maximum Gasteiger partial charge on any atom is 0.250 e. The maximum absolute atomic E-state index is 12.0. The molecule has 0 unspecified atom stereocenters. The van der Waals surface area contributed by atoms with E-state index in [0.717, 1.165) is 28.7 Å². The van der Waals surface area contributed by atoms with Crippen molar-refractivity contribution in [3.63, 3.8) is 0 Å². The molecule has 1 fully saturated rings. The van der Waals surface area contributed by atoms with Crippen LogP contribution in [0.25, 0.3) is 0 Å². The Labute approximate surface area is 157 Å². The molecule has 3 heterocycles. The number of aryl methyl sites for hydroxylation is 1. The zero-order valence-electron chi connectivity index (χ0n) is 15.3. The van der Waals surface area contributed by atoms with E-state index in [1.54, 1.807) is 21.3 Å². The minimum atomic E-state index is 0.000738. The van der Waals surface area contributed by atoms with Gasteiger partial charge in [-0.25, -0.2) is 0 Å². The van der Waals surface area contributed by atoms with Crippen LogP contribution >= 0.6 is 0 Å². The van der Waals surface area contributed by atoms with Crippen LogP contribution in [0.2, 0.25) is 0 Å². The Bertz CT molecular complexity index is 1080. The number of hydrogen-bond acceptors (Lipinski definition) is 3. The van der Waals surface area contributed by atoms with E-state index < -0.39 is 0 Å². The molecular formula is C22H22N2O3. The third-order valence-corrected chi connectivity index (χ3v) is 4.90. The normalized spacial score (nSPS) is 14.1. The third kappa shape index (κ3) is 3.93. The summed E-state index contributed by atoms with van der Waals surface area (Å²) < 4.78 is 8.71. The van der Waals surface area contributed by atoms with Crippen LogP contribution in [0, 0.1) is 6.92 Å². The van der Waals surface area contributed by atoms with Gasteiger partial charge in [0.15, 0.2) is 0 Å². The molecule has 27 heavy (non-hydrogen) atoms. The largest absolute Gasteiger partial charge is 0.377 e. The van der Waals surface area contributed by atoms with E-state index in [1.807, 2.05) is 43.6 Å². The lowest BCUT2D eigenvalue weighted by molar-refractivity contribution is -0.0249. The van der Waals surface area contributed by atoms with Crippen molar-refractivity contribution in [3.05, 3.63) is 104 Å². The van der Waals surface area contributed by atoms with Gasteiger partial charge < -0.3 is 13.9 Å². The summed E-state index contributed by atoms with van der Waals surface area (Å²) in [4.78, 5) is 24.1. The van der Waals surface area contributed by atoms with E-state index in [-0.39, 0.29) is 17.2 Å². The molecule has 0 amide bonds. The molecule has 0 spiro atoms. The molecule has 5 heteroatoms. The average molecular weight is 362 g/mol. The fourth-order valence-corrected chi connectivity index (χ4v) is 3.37. The van der Waals surface area contributed by atoms with Crippen LogP contribution in [0.4, 0.5) is 0 Å². The summed E-state index contributed by atoms with van der Waals surface area (Å²) in [6, 6.07) is 15.3. The molecule has 1 saturated heterocycles. The Kier molecular flexibility index (Phi) is 4.77. The van der Waals surface area contributed by atoms with E-state index in [1.165, 1.54) is 0 Å². The first-order valence-electron chi connectivity index (χ1n) is 9.12. The Hall–Kier alpha value is -2.92. The molecule has 138 valence electrons. The van der Waals surface area contributed by atoms with Crippen molar-refractivity contribution in [2.45, 2.75) is 25.9 Å². The quantitative estimate of drug-likeness (QED) is 0.701. The highest BCUT2D eigenvalue weighted by Crippen LogP contribution is 2.17. The molecule has 2 aromatic heterocycles. The summed E-state index contributed by atoms with van der Waals surface area (Å²) in [5.74, 6) is 0. The van der Waals surface area contributed by atoms with Gasteiger partial charge in [0.1, 0.15) is 0 Å². The Morgan fingerprint density at radius 3 is 2.48 bits per heavy atom. The average Bonchev–Trinajstić information content (AvgIpc) is 2.60. The van der Waals surface area contributed by atoms with Crippen molar-refractivity contribution in [1.82, 2.24) is 9.13 Å². The minimum Gasteiger partial charge on any atom is -0.377 e. The lowest BCUT2D eigenvalue weighted by Gasteiger charge is -2.28. The number of benzene rings is 1. The van der Waals surface area contributed by atoms with E-state index in [9.17, 15) is 9.59 Å². The van der Waals surface area contributed by atoms with Gasteiger partial charge in [-0.2, -0.15) is 0 Å². The van der Waals surface area contributed by atoms with Crippen molar-refractivity contribution >= 4 is 0 Å². The first-order chi connectivity index (χ1) is 13.1. The van der Waals surface area contributed by atoms with Gasteiger partial charge in [-0.3, -0.25) is 9.59 Å². The van der Waals surface area contributed by atoms with Crippen LogP contribution < -0.4 is 11.1 Å². The van der Waals surface area contributed by atoms with Gasteiger partial charge in [0, 0.05) is 24.5 Å². The second kappa shape index (κ2) is 7.37. The number of rotatable bonds is 5. The van der Waals surface area contributed by atoms with E-state index in [0.29, 0.717) is 19.8 Å². The second-order valence-corrected chi connectivity index (χ2v) is 7.14. The van der Waals surface area contributed by atoms with Crippen LogP contribution in [-0.2, 0) is 17.7 Å². The molecule has 0 N–H and O–H groups in total. The van der Waals surface area contributed by atoms with Crippen LogP contribution in [0.5, 0.6) is 0 Å². The summed E-state index contributed by atoms with van der Waals surface area (Å²) in [5.41, 5.74) is 4.41. The summed E-state index contributed by atoms with van der Waals surface area (Å²) in [6.07, 6.45) is 4.56. The molecule has 0 bridgehead atoms. The van der Waals surface area contributed by atoms with Crippen molar-refractivity contribution in [1.29, 1.82) is 0 Å². The molecule has 4 rings (SSSR count). The molecule has 1 aliphatic rings. The predicted octanol–water partition coefficient (Wildman–Crippen LogP) is 2.53. The van der Waals surface area contributed by atoms with E-state index >= 15 is 0 Å². The molecule has 5 nitrogen and oxygen atoms in total. The Morgan fingerprint density at radius 1 is 0.926 bits per heavy atom. The summed E-state index contributed by atoms with van der Waals surface area (Å²) >= 11 is 0. The van der Waals surface area contributed by atoms with Crippen molar-refractivity contribution < 1.29 is 4.74 Å². The zero-order chi connectivity index (χ0) is 18.8. The van der Waals surface area contributed by atoms with Gasteiger partial charge in [0.25, 0.3) is 11.1 Å². The minimum absolute atomic E-state index is 0.000738. The number of ether oxygens (including phenoxy) is 1. The third-order valence-electron chi connectivity index (χ3n) is 4.90. The maximum atomic E-state index is 12.0. The van der Waals surface area contributed by atoms with Crippen molar-refractivity contribution in [2.75, 3.05) is 13.2 Å². The molecule has 3 aromatic rings. The van der Waals surface area contributed by atoms with Crippen LogP contribution in [0.1, 0.15) is 28.3 Å². The number of nitrogens with zero attached hydrogens (tertiary/aromatic N) is 2. The highest BCUT2D eigenvalue weighted by molar-refractivity contribution is 5.29. The molecular weight excluding hydrogens is 340 g/mol. The van der Waals surface area contributed by atoms with Crippen molar-refractivity contribution in [2.24, 2.45) is 0 Å². The molecule has 1 aromatic carbocycles. The van der Waals surface area contributed by atoms with Gasteiger partial charge in [-0.15, -0.1) is 0 Å². The first-order valence-corrected chi connectivity index (χ1v) is 9.12. The second-order valence-electron chi connectivity index (χ2n) is 7.14. The van der Waals surface area contributed by atoms with Gasteiger partial charge in [-0.1, -0.05) is 36.4 Å². The van der Waals surface area contributed by atoms with Gasteiger partial charge >= 0.3 is 0 Å². The lowest BCUT2D eigenvalue weighted by atomic mass is 10.0. The predicted molar refractivity (Wildman–Crippen MR) is 104 cm³/mol. The van der Waals surface area contributed by atoms with Gasteiger partial charge in [0.05, 0.1) is 25.8 Å². The Morgan fingerprint density at radius 2 is 1.70 bits per heavy atom. The van der Waals surface area contributed by atoms with E-state index in [4.69, 9.17) is 4.74 Å². The smallest absolute Gasteiger partial charge is 0.250 e. The first kappa shape index (κ1) is 17.5. The topological polar surface area (TPSA) is 53.2 Å². The molecule has 0 saturated carbocycles. The zero-order valence-corrected chi connectivity index (χ0v) is 15.3. The Balaban J connectivity index is 1.55. The highest BCUT2D eigenvalue weighted by Gasteiger charge is 2.21. The van der Waals surface area contributed by atoms with E-state index in [2.05, 4.69) is 12.1 Å². The fraction of sp³-hybridized carbons (Fsp3) is 0.273. The SMILES string of the molecule is Cc1ccc(=O)n(Cc2cccc(Cc3ccc(=O)n(C4COC4)c3)c2)c1. The standard InChI is InChI=1S/C22H22N2O3/c1-16-5-7-21(25)23(11-16)12-18-4-2-3-17(9-18)10-19-6-8-22(26)24(13-19)20-14-27-15-20/h2-9,11,13,20H,10,12,14-15H2,1H3. The van der Waals surface area contributed by atoms with Gasteiger partial charge in [0.2, 0.25) is 0 Å². The molecule has 0 radical (unpaired) electrons. The monoisotopic (exact) mass is 362 g/mol. The summed E-state index contributed by atoms with van der Waals surface area (Å²) in [6.45, 7) is 3.73. The molecule has 0 atom stereocenters.